The lowest BCUT2D eigenvalue weighted by Gasteiger charge is -2.33. The second-order valence-electron chi connectivity index (χ2n) is 5.38. The average Bonchev–Trinajstić information content (AvgIpc) is 2.59. The number of nitrogens with one attached hydrogen (secondary N) is 1. The van der Waals surface area contributed by atoms with Gasteiger partial charge in [-0.2, -0.15) is 5.10 Å². The fourth-order valence-electron chi connectivity index (χ4n) is 2.66. The molecule has 0 radical (unpaired) electrons. The largest absolute Gasteiger partial charge is 0.497 e. The van der Waals surface area contributed by atoms with Gasteiger partial charge in [0, 0.05) is 25.9 Å². The number of ether oxygens (including phenoxy) is 2. The first kappa shape index (κ1) is 15.7. The van der Waals surface area contributed by atoms with Gasteiger partial charge in [-0.1, -0.05) is 11.6 Å². The Hall–Kier alpha value is -2.21. The van der Waals surface area contributed by atoms with E-state index in [1.54, 1.807) is 13.3 Å². The monoisotopic (exact) mass is 335 g/mol. The van der Waals surface area contributed by atoms with Crippen molar-refractivity contribution < 1.29 is 9.47 Å². The molecule has 1 aromatic heterocycles. The summed E-state index contributed by atoms with van der Waals surface area (Å²) in [4.78, 5) is 13.6. The van der Waals surface area contributed by atoms with Crippen LogP contribution in [-0.4, -0.2) is 36.5 Å². The number of anilines is 1. The lowest BCUT2D eigenvalue weighted by atomic mass is 10.1. The van der Waals surface area contributed by atoms with Gasteiger partial charge in [0.05, 0.1) is 19.0 Å². The summed E-state index contributed by atoms with van der Waals surface area (Å²) in [6, 6.07) is 7.57. The third kappa shape index (κ3) is 3.59. The van der Waals surface area contributed by atoms with Gasteiger partial charge in [-0.05, 0) is 24.3 Å². The number of hydrogen-bond acceptors (Lipinski definition) is 5. The van der Waals surface area contributed by atoms with Crippen molar-refractivity contribution >= 4 is 17.3 Å². The van der Waals surface area contributed by atoms with Crippen LogP contribution in [0.4, 0.5) is 5.69 Å². The Kier molecular flexibility index (Phi) is 4.71. The van der Waals surface area contributed by atoms with Gasteiger partial charge in [-0.15, -0.1) is 0 Å². The summed E-state index contributed by atoms with van der Waals surface area (Å²) in [5, 5.41) is 6.34. The number of H-pyrrole nitrogens is 1. The Labute approximate surface area is 139 Å². The molecule has 0 amide bonds. The standard InChI is InChI=1S/C16H18ClN3O3/c1-22-11-2-4-12(5-3-11)23-13-6-8-20(9-7-13)14-10-18-19-16(21)15(14)17/h2-5,10,13H,6-9H2,1H3,(H,19,21). The predicted octanol–water partition coefficient (Wildman–Crippen LogP) is 2.48. The van der Waals surface area contributed by atoms with Crippen LogP contribution >= 0.6 is 11.6 Å². The Bertz CT molecular complexity index is 709. The van der Waals surface area contributed by atoms with Crippen LogP contribution in [0.5, 0.6) is 11.5 Å². The molecule has 7 heteroatoms. The van der Waals surface area contributed by atoms with Crippen molar-refractivity contribution in [3.63, 3.8) is 0 Å². The smallest absolute Gasteiger partial charge is 0.285 e. The SMILES string of the molecule is COc1ccc(OC2CCN(c3cn[nH]c(=O)c3Cl)CC2)cc1. The van der Waals surface area contributed by atoms with E-state index < -0.39 is 0 Å². The van der Waals surface area contributed by atoms with Crippen molar-refractivity contribution in [1.82, 2.24) is 10.2 Å². The van der Waals surface area contributed by atoms with Gasteiger partial charge in [-0.3, -0.25) is 4.79 Å². The molecule has 0 saturated carbocycles. The fourth-order valence-corrected chi connectivity index (χ4v) is 2.87. The summed E-state index contributed by atoms with van der Waals surface area (Å²) < 4.78 is 11.1. The minimum atomic E-state index is -0.360. The maximum atomic E-state index is 11.5. The van der Waals surface area contributed by atoms with Gasteiger partial charge < -0.3 is 14.4 Å². The summed E-state index contributed by atoms with van der Waals surface area (Å²) in [7, 11) is 1.64. The third-order valence-electron chi connectivity index (χ3n) is 3.92. The first-order chi connectivity index (χ1) is 11.2. The van der Waals surface area contributed by atoms with Crippen molar-refractivity contribution in [2.45, 2.75) is 18.9 Å². The van der Waals surface area contributed by atoms with Crippen LogP contribution in [0.25, 0.3) is 0 Å². The maximum absolute atomic E-state index is 11.5. The number of hydrogen-bond donors (Lipinski definition) is 1. The number of aromatic nitrogens is 2. The quantitative estimate of drug-likeness (QED) is 0.929. The van der Waals surface area contributed by atoms with Crippen molar-refractivity contribution in [3.05, 3.63) is 45.8 Å². The van der Waals surface area contributed by atoms with Crippen LogP contribution in [-0.2, 0) is 0 Å². The molecule has 6 nitrogen and oxygen atoms in total. The van der Waals surface area contributed by atoms with E-state index in [-0.39, 0.29) is 16.7 Å². The molecule has 3 rings (SSSR count). The number of nitrogens with zero attached hydrogens (tertiary/aromatic N) is 2. The van der Waals surface area contributed by atoms with Gasteiger partial charge in [0.25, 0.3) is 5.56 Å². The molecule has 1 fully saturated rings. The van der Waals surface area contributed by atoms with Crippen LogP contribution in [0.3, 0.4) is 0 Å². The lowest BCUT2D eigenvalue weighted by Crippen LogP contribution is -2.39. The van der Waals surface area contributed by atoms with E-state index in [0.717, 1.165) is 37.4 Å². The minimum Gasteiger partial charge on any atom is -0.497 e. The number of piperidine rings is 1. The molecule has 2 aromatic rings. The number of rotatable bonds is 4. The molecule has 0 spiro atoms. The van der Waals surface area contributed by atoms with Crippen LogP contribution in [0, 0.1) is 0 Å². The fraction of sp³-hybridized carbons (Fsp3) is 0.375. The van der Waals surface area contributed by atoms with Crippen LogP contribution in [0.2, 0.25) is 5.02 Å². The Morgan fingerprint density at radius 2 is 1.87 bits per heavy atom. The molecule has 1 saturated heterocycles. The molecule has 0 bridgehead atoms. The highest BCUT2D eigenvalue weighted by molar-refractivity contribution is 6.32. The van der Waals surface area contributed by atoms with Gasteiger partial charge >= 0.3 is 0 Å². The second-order valence-corrected chi connectivity index (χ2v) is 5.76. The summed E-state index contributed by atoms with van der Waals surface area (Å²) >= 11 is 6.05. The van der Waals surface area contributed by atoms with E-state index in [0.29, 0.717) is 5.69 Å². The highest BCUT2D eigenvalue weighted by atomic mass is 35.5. The summed E-state index contributed by atoms with van der Waals surface area (Å²) in [5.74, 6) is 1.64. The highest BCUT2D eigenvalue weighted by Gasteiger charge is 2.23. The van der Waals surface area contributed by atoms with E-state index in [9.17, 15) is 4.79 Å². The van der Waals surface area contributed by atoms with Crippen molar-refractivity contribution in [2.75, 3.05) is 25.1 Å². The molecule has 0 aliphatic carbocycles. The van der Waals surface area contributed by atoms with E-state index in [1.165, 1.54) is 0 Å². The average molecular weight is 336 g/mol. The zero-order chi connectivity index (χ0) is 16.2. The normalized spacial score (nSPS) is 15.5. The number of benzene rings is 1. The first-order valence-corrected chi connectivity index (χ1v) is 7.84. The van der Waals surface area contributed by atoms with Gasteiger partial charge in [0.1, 0.15) is 22.6 Å². The Morgan fingerprint density at radius 1 is 1.22 bits per heavy atom. The van der Waals surface area contributed by atoms with Crippen LogP contribution < -0.4 is 19.9 Å². The molecule has 1 aromatic carbocycles. The molecular formula is C16H18ClN3O3. The summed E-state index contributed by atoms with van der Waals surface area (Å²) in [6.45, 7) is 1.54. The van der Waals surface area contributed by atoms with Crippen molar-refractivity contribution in [1.29, 1.82) is 0 Å². The van der Waals surface area contributed by atoms with Gasteiger partial charge in [-0.25, -0.2) is 5.10 Å². The molecule has 0 atom stereocenters. The molecule has 122 valence electrons. The topological polar surface area (TPSA) is 67.5 Å². The number of halogens is 1. The Morgan fingerprint density at radius 3 is 2.52 bits per heavy atom. The zero-order valence-electron chi connectivity index (χ0n) is 12.8. The Balaban J connectivity index is 1.59. The summed E-state index contributed by atoms with van der Waals surface area (Å²) in [6.07, 6.45) is 3.45. The minimum absolute atomic E-state index is 0.147. The molecule has 1 N–H and O–H groups in total. The van der Waals surface area contributed by atoms with E-state index in [2.05, 4.69) is 15.1 Å². The lowest BCUT2D eigenvalue weighted by molar-refractivity contribution is 0.171. The third-order valence-corrected chi connectivity index (χ3v) is 4.29. The van der Waals surface area contributed by atoms with Gasteiger partial charge in [0.2, 0.25) is 0 Å². The number of methoxy groups -OCH3 is 1. The predicted molar refractivity (Wildman–Crippen MR) is 88.7 cm³/mol. The molecule has 23 heavy (non-hydrogen) atoms. The molecule has 2 heterocycles. The first-order valence-electron chi connectivity index (χ1n) is 7.46. The van der Waals surface area contributed by atoms with E-state index >= 15 is 0 Å². The molecule has 1 aliphatic rings. The van der Waals surface area contributed by atoms with E-state index in [1.807, 2.05) is 24.3 Å². The second kappa shape index (κ2) is 6.91. The van der Waals surface area contributed by atoms with Crippen molar-refractivity contribution in [2.24, 2.45) is 0 Å². The van der Waals surface area contributed by atoms with Crippen molar-refractivity contribution in [3.8, 4) is 11.5 Å². The summed E-state index contributed by atoms with van der Waals surface area (Å²) in [5.41, 5.74) is 0.319. The molecular weight excluding hydrogens is 318 g/mol. The molecule has 0 unspecified atom stereocenters. The van der Waals surface area contributed by atoms with Crippen LogP contribution in [0.15, 0.2) is 35.3 Å². The number of aromatic amines is 1. The van der Waals surface area contributed by atoms with E-state index in [4.69, 9.17) is 21.1 Å². The maximum Gasteiger partial charge on any atom is 0.285 e. The highest BCUT2D eigenvalue weighted by Crippen LogP contribution is 2.26. The van der Waals surface area contributed by atoms with Gasteiger partial charge in [0.15, 0.2) is 0 Å². The zero-order valence-corrected chi connectivity index (χ0v) is 13.5. The molecule has 1 aliphatic heterocycles. The van der Waals surface area contributed by atoms with Crippen LogP contribution in [0.1, 0.15) is 12.8 Å².